The Kier molecular flexibility index (Phi) is 3.40. The lowest BCUT2D eigenvalue weighted by Gasteiger charge is -2.39. The van der Waals surface area contributed by atoms with Crippen molar-refractivity contribution >= 4 is 5.69 Å². The van der Waals surface area contributed by atoms with Crippen LogP contribution < -0.4 is 10.6 Å². The van der Waals surface area contributed by atoms with E-state index in [1.54, 1.807) is 0 Å². The van der Waals surface area contributed by atoms with Gasteiger partial charge in [0.2, 0.25) is 0 Å². The second-order valence-electron chi connectivity index (χ2n) is 5.36. The van der Waals surface area contributed by atoms with Gasteiger partial charge in [0.25, 0.3) is 0 Å². The predicted molar refractivity (Wildman–Crippen MR) is 71.1 cm³/mol. The Morgan fingerprint density at radius 1 is 1.47 bits per heavy atom. The molecule has 1 saturated heterocycles. The summed E-state index contributed by atoms with van der Waals surface area (Å²) in [5.74, 6) is 0. The molecule has 0 amide bonds. The SMILES string of the molecule is Cc1ccc(CN)c(N2CCCC(C)(O)C2)c1. The number of nitrogens with zero attached hydrogens (tertiary/aromatic N) is 1. The smallest absolute Gasteiger partial charge is 0.0794 e. The molecule has 94 valence electrons. The normalized spacial score (nSPS) is 25.1. The zero-order valence-corrected chi connectivity index (χ0v) is 10.7. The van der Waals surface area contributed by atoms with Gasteiger partial charge in [-0.1, -0.05) is 12.1 Å². The van der Waals surface area contributed by atoms with Crippen LogP contribution in [0.2, 0.25) is 0 Å². The summed E-state index contributed by atoms with van der Waals surface area (Å²) >= 11 is 0. The number of hydrogen-bond donors (Lipinski definition) is 2. The maximum Gasteiger partial charge on any atom is 0.0794 e. The standard InChI is InChI=1S/C14H22N2O/c1-11-4-5-12(9-15)13(8-11)16-7-3-6-14(2,17)10-16/h4-5,8,17H,3,6-7,9-10,15H2,1-2H3. The van der Waals surface area contributed by atoms with Crippen molar-refractivity contribution < 1.29 is 5.11 Å². The summed E-state index contributed by atoms with van der Waals surface area (Å²) in [6, 6.07) is 6.35. The molecule has 0 spiro atoms. The first-order valence-electron chi connectivity index (χ1n) is 6.29. The first-order chi connectivity index (χ1) is 8.02. The maximum absolute atomic E-state index is 10.2. The van der Waals surface area contributed by atoms with Gasteiger partial charge >= 0.3 is 0 Å². The van der Waals surface area contributed by atoms with Gasteiger partial charge in [-0.15, -0.1) is 0 Å². The molecule has 1 heterocycles. The molecule has 3 N–H and O–H groups in total. The number of aryl methyl sites for hydroxylation is 1. The van der Waals surface area contributed by atoms with Crippen molar-refractivity contribution in [3.63, 3.8) is 0 Å². The van der Waals surface area contributed by atoms with E-state index in [1.807, 2.05) is 6.92 Å². The molecule has 1 aliphatic rings. The van der Waals surface area contributed by atoms with Crippen molar-refractivity contribution in [2.45, 2.75) is 38.8 Å². The van der Waals surface area contributed by atoms with Gasteiger partial charge in [0, 0.05) is 25.3 Å². The van der Waals surface area contributed by atoms with Crippen LogP contribution in [0.1, 0.15) is 30.9 Å². The third-order valence-corrected chi connectivity index (χ3v) is 3.48. The van der Waals surface area contributed by atoms with E-state index in [4.69, 9.17) is 5.73 Å². The highest BCUT2D eigenvalue weighted by Crippen LogP contribution is 2.28. The van der Waals surface area contributed by atoms with Crippen molar-refractivity contribution in [2.24, 2.45) is 5.73 Å². The summed E-state index contributed by atoms with van der Waals surface area (Å²) in [5.41, 5.74) is 8.80. The fourth-order valence-electron chi connectivity index (χ4n) is 2.57. The monoisotopic (exact) mass is 234 g/mol. The fraction of sp³-hybridized carbons (Fsp3) is 0.571. The van der Waals surface area contributed by atoms with Gasteiger partial charge in [-0.05, 0) is 43.9 Å². The minimum absolute atomic E-state index is 0.550. The Labute approximate surface area is 103 Å². The van der Waals surface area contributed by atoms with Gasteiger partial charge in [0.1, 0.15) is 0 Å². The third-order valence-electron chi connectivity index (χ3n) is 3.48. The molecule has 2 rings (SSSR count). The van der Waals surface area contributed by atoms with Crippen LogP contribution in [0.25, 0.3) is 0 Å². The molecule has 3 heteroatoms. The number of anilines is 1. The largest absolute Gasteiger partial charge is 0.388 e. The van der Waals surface area contributed by atoms with E-state index in [0.717, 1.165) is 24.9 Å². The lowest BCUT2D eigenvalue weighted by atomic mass is 9.94. The summed E-state index contributed by atoms with van der Waals surface area (Å²) < 4.78 is 0. The zero-order chi connectivity index (χ0) is 12.5. The molecular formula is C14H22N2O. The van der Waals surface area contributed by atoms with Gasteiger partial charge in [0.15, 0.2) is 0 Å². The average Bonchev–Trinajstić information content (AvgIpc) is 2.27. The molecular weight excluding hydrogens is 212 g/mol. The molecule has 1 unspecified atom stereocenters. The number of benzene rings is 1. The van der Waals surface area contributed by atoms with E-state index in [9.17, 15) is 5.11 Å². The Bertz CT molecular complexity index is 401. The molecule has 1 atom stereocenters. The molecule has 0 saturated carbocycles. The number of nitrogens with two attached hydrogens (primary N) is 1. The summed E-state index contributed by atoms with van der Waals surface area (Å²) in [7, 11) is 0. The number of hydrogen-bond acceptors (Lipinski definition) is 3. The number of β-amino-alcohol motifs (C(OH)–C–C–N with tert-alkyl or cyclic N) is 1. The molecule has 1 fully saturated rings. The van der Waals surface area contributed by atoms with Crippen LogP contribution in [-0.2, 0) is 6.54 Å². The van der Waals surface area contributed by atoms with E-state index < -0.39 is 5.60 Å². The van der Waals surface area contributed by atoms with Crippen LogP contribution in [0.15, 0.2) is 18.2 Å². The lowest BCUT2D eigenvalue weighted by molar-refractivity contribution is 0.0449. The van der Waals surface area contributed by atoms with Crippen molar-refractivity contribution in [1.29, 1.82) is 0 Å². The summed E-state index contributed by atoms with van der Waals surface area (Å²) in [4.78, 5) is 2.26. The maximum atomic E-state index is 10.2. The third kappa shape index (κ3) is 2.79. The Hall–Kier alpha value is -1.06. The fourth-order valence-corrected chi connectivity index (χ4v) is 2.57. The molecule has 3 nitrogen and oxygen atoms in total. The zero-order valence-electron chi connectivity index (χ0n) is 10.7. The van der Waals surface area contributed by atoms with Crippen LogP contribution in [0.4, 0.5) is 5.69 Å². The minimum Gasteiger partial charge on any atom is -0.388 e. The Morgan fingerprint density at radius 3 is 2.88 bits per heavy atom. The molecule has 0 aromatic heterocycles. The van der Waals surface area contributed by atoms with Crippen molar-refractivity contribution in [1.82, 2.24) is 0 Å². The quantitative estimate of drug-likeness (QED) is 0.820. The lowest BCUT2D eigenvalue weighted by Crippen LogP contribution is -2.46. The highest BCUT2D eigenvalue weighted by atomic mass is 16.3. The van der Waals surface area contributed by atoms with Crippen LogP contribution in [0.3, 0.4) is 0 Å². The first-order valence-corrected chi connectivity index (χ1v) is 6.29. The number of piperidine rings is 1. The summed E-state index contributed by atoms with van der Waals surface area (Å²) in [5, 5.41) is 10.2. The second kappa shape index (κ2) is 4.67. The van der Waals surface area contributed by atoms with Crippen molar-refractivity contribution in [3.05, 3.63) is 29.3 Å². The van der Waals surface area contributed by atoms with E-state index in [-0.39, 0.29) is 0 Å². The van der Waals surface area contributed by atoms with Gasteiger partial charge in [-0.2, -0.15) is 0 Å². The average molecular weight is 234 g/mol. The van der Waals surface area contributed by atoms with Crippen LogP contribution in [0, 0.1) is 6.92 Å². The Balaban J connectivity index is 2.29. The topological polar surface area (TPSA) is 49.5 Å². The molecule has 0 aliphatic carbocycles. The number of aliphatic hydroxyl groups is 1. The Morgan fingerprint density at radius 2 is 2.24 bits per heavy atom. The molecule has 1 aromatic carbocycles. The van der Waals surface area contributed by atoms with Crippen LogP contribution in [0.5, 0.6) is 0 Å². The van der Waals surface area contributed by atoms with Gasteiger partial charge < -0.3 is 15.7 Å². The van der Waals surface area contributed by atoms with E-state index in [1.165, 1.54) is 11.3 Å². The van der Waals surface area contributed by atoms with Gasteiger partial charge in [-0.3, -0.25) is 0 Å². The predicted octanol–water partition coefficient (Wildman–Crippen LogP) is 1.80. The first kappa shape index (κ1) is 12.4. The van der Waals surface area contributed by atoms with Crippen molar-refractivity contribution in [2.75, 3.05) is 18.0 Å². The van der Waals surface area contributed by atoms with E-state index >= 15 is 0 Å². The van der Waals surface area contributed by atoms with E-state index in [2.05, 4.69) is 30.0 Å². The molecule has 0 radical (unpaired) electrons. The van der Waals surface area contributed by atoms with Crippen LogP contribution in [-0.4, -0.2) is 23.8 Å². The molecule has 0 bridgehead atoms. The number of rotatable bonds is 2. The summed E-state index contributed by atoms with van der Waals surface area (Å²) in [6.45, 7) is 6.26. The highest BCUT2D eigenvalue weighted by molar-refractivity contribution is 5.56. The highest BCUT2D eigenvalue weighted by Gasteiger charge is 2.29. The van der Waals surface area contributed by atoms with Gasteiger partial charge in [0.05, 0.1) is 5.60 Å². The van der Waals surface area contributed by atoms with Crippen molar-refractivity contribution in [3.8, 4) is 0 Å². The molecule has 17 heavy (non-hydrogen) atoms. The minimum atomic E-state index is -0.576. The van der Waals surface area contributed by atoms with Crippen LogP contribution >= 0.6 is 0 Å². The molecule has 1 aliphatic heterocycles. The molecule has 1 aromatic rings. The van der Waals surface area contributed by atoms with Gasteiger partial charge in [-0.25, -0.2) is 0 Å². The second-order valence-corrected chi connectivity index (χ2v) is 5.36. The van der Waals surface area contributed by atoms with E-state index in [0.29, 0.717) is 13.1 Å². The summed E-state index contributed by atoms with van der Waals surface area (Å²) in [6.07, 6.45) is 1.91.